The molecule has 4 saturated heterocycles. The number of aromatic nitrogens is 3. The minimum Gasteiger partial charge on any atom is -0.461 e. The van der Waals surface area contributed by atoms with Crippen molar-refractivity contribution < 1.29 is 18.3 Å². The topological polar surface area (TPSA) is 75.6 Å². The lowest BCUT2D eigenvalue weighted by Gasteiger charge is -2.34. The number of piperazine rings is 1. The van der Waals surface area contributed by atoms with Crippen LogP contribution in [0.1, 0.15) is 44.1 Å². The second-order valence-electron chi connectivity index (χ2n) is 14.0. The lowest BCUT2D eigenvalue weighted by molar-refractivity contribution is 0.0443. The fraction of sp³-hybridized carbons (Fsp3) is 0.432. The van der Waals surface area contributed by atoms with Gasteiger partial charge in [0.05, 0.1) is 28.7 Å². The van der Waals surface area contributed by atoms with Crippen LogP contribution in [0.25, 0.3) is 32.9 Å². The molecule has 10 heteroatoms. The SMILES string of the molecule is C#Cc1c(F)ccc2cccc(-c3ncc4c(N5CC6CCC(C5)N6)nc(OC[C@]56CC(=C)CN5C[C@H](OC5CC5)C6)nc4c3F)c12. The molecule has 0 amide bonds. The summed E-state index contributed by atoms with van der Waals surface area (Å²) in [6, 6.07) is 9.11. The lowest BCUT2D eigenvalue weighted by Crippen LogP contribution is -2.51. The highest BCUT2D eigenvalue weighted by Gasteiger charge is 2.51. The van der Waals surface area contributed by atoms with Crippen molar-refractivity contribution in [3.05, 3.63) is 65.9 Å². The first-order valence-corrected chi connectivity index (χ1v) is 16.6. The van der Waals surface area contributed by atoms with E-state index < -0.39 is 11.6 Å². The largest absolute Gasteiger partial charge is 0.461 e. The molecule has 1 N–H and O–H groups in total. The van der Waals surface area contributed by atoms with Gasteiger partial charge in [-0.15, -0.1) is 6.42 Å². The molecule has 47 heavy (non-hydrogen) atoms. The summed E-state index contributed by atoms with van der Waals surface area (Å²) in [4.78, 5) is 18.9. The fourth-order valence-electron chi connectivity index (χ4n) is 8.41. The number of pyridine rings is 1. The van der Waals surface area contributed by atoms with Crippen molar-refractivity contribution in [3.63, 3.8) is 0 Å². The van der Waals surface area contributed by atoms with E-state index in [1.54, 1.807) is 24.4 Å². The molecule has 5 fully saturated rings. The van der Waals surface area contributed by atoms with Gasteiger partial charge in [0, 0.05) is 55.4 Å². The van der Waals surface area contributed by atoms with Gasteiger partial charge >= 0.3 is 6.01 Å². The zero-order valence-corrected chi connectivity index (χ0v) is 26.1. The molecule has 2 aromatic heterocycles. The Balaban J connectivity index is 1.14. The van der Waals surface area contributed by atoms with E-state index in [9.17, 15) is 4.39 Å². The molecule has 2 aromatic carbocycles. The van der Waals surface area contributed by atoms with Crippen LogP contribution in [0.5, 0.6) is 6.01 Å². The molecular formula is C37H36F2N6O2. The van der Waals surface area contributed by atoms with E-state index >= 15 is 4.39 Å². The van der Waals surface area contributed by atoms with E-state index in [2.05, 4.69) is 32.6 Å². The third kappa shape index (κ3) is 4.95. The highest BCUT2D eigenvalue weighted by Crippen LogP contribution is 2.44. The maximum atomic E-state index is 16.9. The molecule has 240 valence electrons. The molecule has 8 nitrogen and oxygen atoms in total. The standard InChI is InChI=1S/C37H36F2N6O2/c1-3-27-30(38)12-7-22-5-4-6-28(31(22)27)33-32(39)34-29(15-40-33)35(44-17-23-8-9-24(18-44)41-23)43-36(42-34)46-20-37-13-21(2)16-45(37)19-26(14-37)47-25-10-11-25/h1,4-7,12,15,23-26,41H,2,8-11,13-14,16-20H2/t23?,24?,26-,37-/m1/s1. The van der Waals surface area contributed by atoms with Gasteiger partial charge < -0.3 is 19.7 Å². The van der Waals surface area contributed by atoms with Gasteiger partial charge in [0.2, 0.25) is 0 Å². The molecule has 2 bridgehead atoms. The van der Waals surface area contributed by atoms with Crippen molar-refractivity contribution in [1.29, 1.82) is 0 Å². The number of rotatable bonds is 7. The third-order valence-corrected chi connectivity index (χ3v) is 10.6. The van der Waals surface area contributed by atoms with Crippen LogP contribution in [-0.4, -0.2) is 82.5 Å². The Kier molecular flexibility index (Phi) is 6.75. The number of terminal acetylenes is 1. The average molecular weight is 635 g/mol. The van der Waals surface area contributed by atoms with E-state index in [1.807, 2.05) is 6.07 Å². The van der Waals surface area contributed by atoms with Crippen LogP contribution >= 0.6 is 0 Å². The Hall–Kier alpha value is -4.17. The third-order valence-electron chi connectivity index (χ3n) is 10.6. The summed E-state index contributed by atoms with van der Waals surface area (Å²) >= 11 is 0. The molecule has 0 spiro atoms. The Labute approximate surface area is 272 Å². The van der Waals surface area contributed by atoms with Gasteiger partial charge in [-0.3, -0.25) is 9.88 Å². The van der Waals surface area contributed by atoms with Crippen LogP contribution in [0.3, 0.4) is 0 Å². The molecule has 1 aliphatic carbocycles. The predicted octanol–water partition coefficient (Wildman–Crippen LogP) is 5.38. The summed E-state index contributed by atoms with van der Waals surface area (Å²) in [6.45, 7) is 7.79. The smallest absolute Gasteiger partial charge is 0.319 e. The van der Waals surface area contributed by atoms with Gasteiger partial charge in [0.1, 0.15) is 29.5 Å². The number of hydrogen-bond donors (Lipinski definition) is 1. The van der Waals surface area contributed by atoms with Crippen molar-refractivity contribution in [1.82, 2.24) is 25.2 Å². The predicted molar refractivity (Wildman–Crippen MR) is 176 cm³/mol. The Bertz CT molecular complexity index is 1980. The first-order valence-electron chi connectivity index (χ1n) is 16.6. The van der Waals surface area contributed by atoms with Gasteiger partial charge in [-0.05, 0) is 50.0 Å². The number of anilines is 1. The summed E-state index contributed by atoms with van der Waals surface area (Å²) in [5.41, 5.74) is 1.56. The van der Waals surface area contributed by atoms with Crippen molar-refractivity contribution in [2.24, 2.45) is 0 Å². The second kappa shape index (κ2) is 10.9. The minimum absolute atomic E-state index is 0.0499. The van der Waals surface area contributed by atoms with Crippen LogP contribution < -0.4 is 15.0 Å². The van der Waals surface area contributed by atoms with Crippen LogP contribution in [0, 0.1) is 24.0 Å². The summed E-state index contributed by atoms with van der Waals surface area (Å²) in [6.07, 6.45) is 14.0. The fourth-order valence-corrected chi connectivity index (χ4v) is 8.41. The van der Waals surface area contributed by atoms with Gasteiger partial charge in [-0.1, -0.05) is 42.3 Å². The second-order valence-corrected chi connectivity index (χ2v) is 14.0. The number of nitrogens with zero attached hydrogens (tertiary/aromatic N) is 5. The molecule has 5 aliphatic rings. The Morgan fingerprint density at radius 1 is 1.04 bits per heavy atom. The number of ether oxygens (including phenoxy) is 2. The van der Waals surface area contributed by atoms with E-state index in [1.165, 1.54) is 11.6 Å². The number of hydrogen-bond acceptors (Lipinski definition) is 8. The molecule has 6 heterocycles. The van der Waals surface area contributed by atoms with E-state index in [0.717, 1.165) is 64.7 Å². The Morgan fingerprint density at radius 2 is 1.87 bits per heavy atom. The van der Waals surface area contributed by atoms with Gasteiger partial charge in [-0.25, -0.2) is 8.78 Å². The Morgan fingerprint density at radius 3 is 2.66 bits per heavy atom. The van der Waals surface area contributed by atoms with Crippen LogP contribution in [0.4, 0.5) is 14.6 Å². The summed E-state index contributed by atoms with van der Waals surface area (Å²) < 4.78 is 44.5. The maximum absolute atomic E-state index is 16.9. The normalized spacial score (nSPS) is 27.1. The quantitative estimate of drug-likeness (QED) is 0.215. The highest BCUT2D eigenvalue weighted by atomic mass is 19.1. The van der Waals surface area contributed by atoms with Gasteiger partial charge in [0.15, 0.2) is 5.82 Å². The molecule has 4 aliphatic heterocycles. The van der Waals surface area contributed by atoms with Crippen molar-refractivity contribution in [2.45, 2.75) is 68.4 Å². The molecular weight excluding hydrogens is 598 g/mol. The zero-order chi connectivity index (χ0) is 31.9. The van der Waals surface area contributed by atoms with E-state index in [4.69, 9.17) is 25.9 Å². The number of halogens is 2. The molecule has 9 rings (SSSR count). The molecule has 1 saturated carbocycles. The summed E-state index contributed by atoms with van der Waals surface area (Å²) in [5, 5.41) is 5.31. The molecule has 4 atom stereocenters. The maximum Gasteiger partial charge on any atom is 0.319 e. The zero-order valence-electron chi connectivity index (χ0n) is 26.1. The lowest BCUT2D eigenvalue weighted by atomic mass is 9.93. The first kappa shape index (κ1) is 29.0. The van der Waals surface area contributed by atoms with Gasteiger partial charge in [-0.2, -0.15) is 9.97 Å². The van der Waals surface area contributed by atoms with Crippen LogP contribution in [0.2, 0.25) is 0 Å². The van der Waals surface area contributed by atoms with Crippen molar-refractivity contribution in [2.75, 3.05) is 37.7 Å². The summed E-state index contributed by atoms with van der Waals surface area (Å²) in [7, 11) is 0. The number of benzene rings is 2. The monoisotopic (exact) mass is 634 g/mol. The first-order chi connectivity index (χ1) is 22.9. The van der Waals surface area contributed by atoms with E-state index in [-0.39, 0.29) is 34.4 Å². The average Bonchev–Trinajstić information content (AvgIpc) is 3.64. The van der Waals surface area contributed by atoms with Crippen molar-refractivity contribution in [3.8, 4) is 29.6 Å². The van der Waals surface area contributed by atoms with Crippen LogP contribution in [0.15, 0.2) is 48.7 Å². The molecule has 4 aromatic rings. The number of fused-ring (bicyclic) bond motifs is 5. The summed E-state index contributed by atoms with van der Waals surface area (Å²) in [5.74, 6) is 1.91. The molecule has 2 unspecified atom stereocenters. The number of nitrogens with one attached hydrogen (secondary N) is 1. The van der Waals surface area contributed by atoms with Crippen LogP contribution in [-0.2, 0) is 4.74 Å². The van der Waals surface area contributed by atoms with Crippen molar-refractivity contribution >= 4 is 27.5 Å². The minimum atomic E-state index is -0.623. The highest BCUT2D eigenvalue weighted by molar-refractivity contribution is 6.02. The molecule has 0 radical (unpaired) electrons. The van der Waals surface area contributed by atoms with E-state index in [0.29, 0.717) is 52.3 Å². The van der Waals surface area contributed by atoms with Gasteiger partial charge in [0.25, 0.3) is 0 Å².